The molecular weight excluding hydrogens is 417 g/mol. The molecule has 0 saturated carbocycles. The van der Waals surface area contributed by atoms with Crippen LogP contribution in [0, 0.1) is 5.82 Å². The van der Waals surface area contributed by atoms with Gasteiger partial charge in [-0.2, -0.15) is 9.90 Å². The maximum atomic E-state index is 14.2. The van der Waals surface area contributed by atoms with Crippen LogP contribution in [-0.2, 0) is 26.4 Å². The molecule has 0 radical (unpaired) electrons. The minimum atomic E-state index is -0.165. The van der Waals surface area contributed by atoms with Gasteiger partial charge in [-0.25, -0.2) is 4.39 Å². The van der Waals surface area contributed by atoms with Gasteiger partial charge in [0.1, 0.15) is 12.5 Å². The second-order valence-corrected chi connectivity index (χ2v) is 7.97. The van der Waals surface area contributed by atoms with E-state index >= 15 is 0 Å². The largest absolute Gasteiger partial charge is 0.348 e. The molecule has 33 heavy (non-hydrogen) atoms. The molecule has 4 aromatic rings. The van der Waals surface area contributed by atoms with Crippen molar-refractivity contribution in [3.63, 3.8) is 0 Å². The van der Waals surface area contributed by atoms with Gasteiger partial charge in [-0.3, -0.25) is 9.98 Å². The summed E-state index contributed by atoms with van der Waals surface area (Å²) in [6, 6.07) is 13.5. The number of allylic oxidation sites excluding steroid dienone is 1. The van der Waals surface area contributed by atoms with Gasteiger partial charge < -0.3 is 9.88 Å². The van der Waals surface area contributed by atoms with Crippen molar-refractivity contribution in [1.29, 1.82) is 0 Å². The Morgan fingerprint density at radius 1 is 1.27 bits per heavy atom. The third kappa shape index (κ3) is 4.19. The van der Waals surface area contributed by atoms with E-state index in [1.54, 1.807) is 25.5 Å². The van der Waals surface area contributed by atoms with Crippen LogP contribution in [0.1, 0.15) is 22.4 Å². The second-order valence-electron chi connectivity index (χ2n) is 7.97. The zero-order valence-corrected chi connectivity index (χ0v) is 18.4. The summed E-state index contributed by atoms with van der Waals surface area (Å²) in [5, 5.41) is 12.6. The number of anilines is 1. The van der Waals surface area contributed by atoms with E-state index in [4.69, 9.17) is 4.99 Å². The lowest BCUT2D eigenvalue weighted by Gasteiger charge is -2.06. The van der Waals surface area contributed by atoms with Crippen LogP contribution < -0.4 is 5.32 Å². The summed E-state index contributed by atoms with van der Waals surface area (Å²) in [6.45, 7) is 4.79. The van der Waals surface area contributed by atoms with Gasteiger partial charge in [0.15, 0.2) is 5.82 Å². The zero-order valence-electron chi connectivity index (χ0n) is 18.4. The molecular formula is C25H24FN7. The number of hydrogen-bond acceptors (Lipinski definition) is 5. The SMILES string of the molecule is C=N/C=C\C(=NCNc1cnn(C)n1)c1cc2c3c(c1)cc(Cc1ccccc1F)n3CC2. The highest BCUT2D eigenvalue weighted by atomic mass is 19.1. The third-order valence-electron chi connectivity index (χ3n) is 5.83. The number of rotatable bonds is 8. The molecule has 0 aliphatic carbocycles. The Labute approximate surface area is 191 Å². The number of nitrogens with one attached hydrogen (secondary N) is 1. The number of aryl methyl sites for hydroxylation is 3. The Bertz CT molecular complexity index is 1390. The lowest BCUT2D eigenvalue weighted by Crippen LogP contribution is -2.05. The van der Waals surface area contributed by atoms with Crippen LogP contribution in [0.25, 0.3) is 10.9 Å². The monoisotopic (exact) mass is 441 g/mol. The van der Waals surface area contributed by atoms with Crippen LogP contribution in [0.3, 0.4) is 0 Å². The lowest BCUT2D eigenvalue weighted by molar-refractivity contribution is 0.610. The molecule has 0 atom stereocenters. The van der Waals surface area contributed by atoms with E-state index in [1.807, 2.05) is 18.2 Å². The molecule has 0 unspecified atom stereocenters. The molecule has 0 fully saturated rings. The summed E-state index contributed by atoms with van der Waals surface area (Å²) in [4.78, 5) is 10.1. The molecule has 5 rings (SSSR count). The normalized spacial score (nSPS) is 13.3. The highest BCUT2D eigenvalue weighted by Gasteiger charge is 2.20. The maximum absolute atomic E-state index is 14.2. The standard InChI is InChI=1S/C25H24FN7/c1-27-9-7-23(28-16-29-24-15-30-32(2)31-24)19-11-18-8-10-33-21(14-20(12-19)25(18)33)13-17-5-3-4-6-22(17)26/h3-7,9,11-12,14-15H,1,8,10,13,16H2,2H3,(H,29,31)/b9-7-,28-23?. The van der Waals surface area contributed by atoms with Gasteiger partial charge in [-0.1, -0.05) is 18.2 Å². The van der Waals surface area contributed by atoms with E-state index in [-0.39, 0.29) is 5.82 Å². The molecule has 1 aliphatic heterocycles. The van der Waals surface area contributed by atoms with Crippen molar-refractivity contribution < 1.29 is 4.39 Å². The maximum Gasteiger partial charge on any atom is 0.169 e. The Balaban J connectivity index is 1.48. The predicted molar refractivity (Wildman–Crippen MR) is 130 cm³/mol. The van der Waals surface area contributed by atoms with E-state index in [0.29, 0.717) is 24.5 Å². The van der Waals surface area contributed by atoms with Crippen LogP contribution in [0.5, 0.6) is 0 Å². The van der Waals surface area contributed by atoms with Gasteiger partial charge in [0.25, 0.3) is 0 Å². The van der Waals surface area contributed by atoms with Crippen molar-refractivity contribution >= 4 is 29.1 Å². The quantitative estimate of drug-likeness (QED) is 0.418. The predicted octanol–water partition coefficient (Wildman–Crippen LogP) is 4.13. The summed E-state index contributed by atoms with van der Waals surface area (Å²) < 4.78 is 16.6. The minimum absolute atomic E-state index is 0.165. The van der Waals surface area contributed by atoms with Gasteiger partial charge >= 0.3 is 0 Å². The molecule has 8 heteroatoms. The van der Waals surface area contributed by atoms with E-state index in [1.165, 1.54) is 21.9 Å². The zero-order chi connectivity index (χ0) is 22.8. The second kappa shape index (κ2) is 8.82. The molecule has 0 spiro atoms. The highest BCUT2D eigenvalue weighted by Crippen LogP contribution is 2.32. The van der Waals surface area contributed by atoms with Crippen molar-refractivity contribution in [3.05, 3.63) is 89.1 Å². The van der Waals surface area contributed by atoms with Gasteiger partial charge in [0.2, 0.25) is 0 Å². The van der Waals surface area contributed by atoms with Gasteiger partial charge in [-0.05, 0) is 54.6 Å². The van der Waals surface area contributed by atoms with Gasteiger partial charge in [-0.15, -0.1) is 5.10 Å². The van der Waals surface area contributed by atoms with Gasteiger partial charge in [0.05, 0.1) is 17.4 Å². The lowest BCUT2D eigenvalue weighted by atomic mass is 10.0. The van der Waals surface area contributed by atoms with Crippen molar-refractivity contribution in [2.24, 2.45) is 17.0 Å². The molecule has 0 amide bonds. The summed E-state index contributed by atoms with van der Waals surface area (Å²) in [5.41, 5.74) is 6.14. The minimum Gasteiger partial charge on any atom is -0.348 e. The molecule has 2 aromatic carbocycles. The first-order valence-corrected chi connectivity index (χ1v) is 10.8. The fraction of sp³-hybridized carbons (Fsp3) is 0.200. The number of benzene rings is 2. The topological polar surface area (TPSA) is 72.4 Å². The molecule has 3 heterocycles. The number of nitrogens with zero attached hydrogens (tertiary/aromatic N) is 6. The summed E-state index contributed by atoms with van der Waals surface area (Å²) in [6.07, 6.45) is 6.66. The van der Waals surface area contributed by atoms with Crippen LogP contribution in [0.4, 0.5) is 10.2 Å². The summed E-state index contributed by atoms with van der Waals surface area (Å²) >= 11 is 0. The first-order valence-electron chi connectivity index (χ1n) is 10.8. The number of aromatic nitrogens is 4. The molecule has 166 valence electrons. The van der Waals surface area contributed by atoms with E-state index in [9.17, 15) is 4.39 Å². The molecule has 1 N–H and O–H groups in total. The molecule has 7 nitrogen and oxygen atoms in total. The fourth-order valence-electron chi connectivity index (χ4n) is 4.36. The van der Waals surface area contributed by atoms with E-state index in [2.05, 4.69) is 50.0 Å². The molecule has 2 aromatic heterocycles. The van der Waals surface area contributed by atoms with Crippen LogP contribution in [-0.4, -0.2) is 38.7 Å². The smallest absolute Gasteiger partial charge is 0.169 e. The third-order valence-corrected chi connectivity index (χ3v) is 5.83. The average Bonchev–Trinajstić information content (AvgIpc) is 3.52. The van der Waals surface area contributed by atoms with Crippen molar-refractivity contribution in [3.8, 4) is 0 Å². The highest BCUT2D eigenvalue weighted by molar-refractivity contribution is 6.11. The molecule has 1 aliphatic rings. The summed E-state index contributed by atoms with van der Waals surface area (Å²) in [7, 11) is 1.77. The number of halogens is 1. The molecule has 0 saturated heterocycles. The van der Waals surface area contributed by atoms with Gasteiger partial charge in [0, 0.05) is 42.9 Å². The van der Waals surface area contributed by atoms with Crippen molar-refractivity contribution in [1.82, 2.24) is 19.6 Å². The molecule has 0 bridgehead atoms. The van der Waals surface area contributed by atoms with Crippen LogP contribution in [0.2, 0.25) is 0 Å². The van der Waals surface area contributed by atoms with Crippen LogP contribution >= 0.6 is 0 Å². The van der Waals surface area contributed by atoms with Crippen molar-refractivity contribution in [2.75, 3.05) is 12.0 Å². The Morgan fingerprint density at radius 3 is 2.94 bits per heavy atom. The average molecular weight is 442 g/mol. The first-order chi connectivity index (χ1) is 16.1. The number of aliphatic imine (C=N–C) groups is 2. The number of hydrogen-bond donors (Lipinski definition) is 1. The fourth-order valence-corrected chi connectivity index (χ4v) is 4.36. The van der Waals surface area contributed by atoms with E-state index < -0.39 is 0 Å². The van der Waals surface area contributed by atoms with E-state index in [0.717, 1.165) is 35.3 Å². The first kappa shape index (κ1) is 20.8. The Morgan fingerprint density at radius 2 is 2.15 bits per heavy atom. The Kier molecular flexibility index (Phi) is 5.56. The summed E-state index contributed by atoms with van der Waals surface area (Å²) in [5.74, 6) is 0.497. The van der Waals surface area contributed by atoms with Crippen molar-refractivity contribution in [2.45, 2.75) is 19.4 Å². The van der Waals surface area contributed by atoms with Crippen LogP contribution in [0.15, 0.2) is 70.9 Å². The Hall–Kier alpha value is -4.07.